The van der Waals surface area contributed by atoms with Crippen LogP contribution in [0.15, 0.2) is 29.5 Å². The zero-order chi connectivity index (χ0) is 9.68. The molecule has 0 spiro atoms. The second-order valence-electron chi connectivity index (χ2n) is 2.59. The summed E-state index contributed by atoms with van der Waals surface area (Å²) in [7, 11) is 0. The molecule has 0 saturated carbocycles. The third-order valence-corrected chi connectivity index (χ3v) is 2.41. The highest BCUT2D eigenvalue weighted by atomic mass is 32.1. The lowest BCUT2D eigenvalue weighted by molar-refractivity contribution is -0.143. The summed E-state index contributed by atoms with van der Waals surface area (Å²) in [5.41, 5.74) is 1.06. The number of ether oxygens (including phenoxy) is 1. The van der Waals surface area contributed by atoms with E-state index in [4.69, 9.17) is 4.74 Å². The largest absolute Gasteiger partial charge is 0.454 e. The molecule has 13 heavy (non-hydrogen) atoms. The Morgan fingerprint density at radius 3 is 3.08 bits per heavy atom. The predicted octanol–water partition coefficient (Wildman–Crippen LogP) is 2.93. The van der Waals surface area contributed by atoms with E-state index in [2.05, 4.69) is 6.58 Å². The van der Waals surface area contributed by atoms with Gasteiger partial charge in [-0.05, 0) is 23.2 Å². The van der Waals surface area contributed by atoms with Gasteiger partial charge in [0.05, 0.1) is 0 Å². The van der Waals surface area contributed by atoms with Crippen LogP contribution in [0, 0.1) is 0 Å². The smallest absolute Gasteiger partial charge is 0.330 e. The fraction of sp³-hybridized carbons (Fsp3) is 0.300. The van der Waals surface area contributed by atoms with E-state index in [0.717, 1.165) is 12.0 Å². The van der Waals surface area contributed by atoms with E-state index in [-0.39, 0.29) is 12.1 Å². The van der Waals surface area contributed by atoms with Crippen LogP contribution in [-0.2, 0) is 9.53 Å². The molecule has 0 aliphatic heterocycles. The molecule has 1 unspecified atom stereocenters. The first-order valence-corrected chi connectivity index (χ1v) is 5.07. The van der Waals surface area contributed by atoms with E-state index < -0.39 is 0 Å². The molecule has 0 aromatic carbocycles. The van der Waals surface area contributed by atoms with Gasteiger partial charge in [-0.1, -0.05) is 13.5 Å². The average Bonchev–Trinajstić information content (AvgIpc) is 2.66. The monoisotopic (exact) mass is 196 g/mol. The summed E-state index contributed by atoms with van der Waals surface area (Å²) < 4.78 is 5.14. The van der Waals surface area contributed by atoms with Crippen molar-refractivity contribution in [3.8, 4) is 0 Å². The molecular weight excluding hydrogens is 184 g/mol. The molecule has 2 nitrogen and oxygen atoms in total. The third-order valence-electron chi connectivity index (χ3n) is 1.71. The fourth-order valence-corrected chi connectivity index (χ4v) is 1.74. The van der Waals surface area contributed by atoms with Crippen molar-refractivity contribution >= 4 is 17.3 Å². The lowest BCUT2D eigenvalue weighted by Crippen LogP contribution is -2.07. The number of hydrogen-bond donors (Lipinski definition) is 0. The molecule has 0 aliphatic rings. The summed E-state index contributed by atoms with van der Waals surface area (Å²) in [5, 5.41) is 3.96. The van der Waals surface area contributed by atoms with Gasteiger partial charge in [-0.25, -0.2) is 4.79 Å². The van der Waals surface area contributed by atoms with Gasteiger partial charge < -0.3 is 4.74 Å². The molecule has 0 radical (unpaired) electrons. The van der Waals surface area contributed by atoms with Crippen molar-refractivity contribution in [2.45, 2.75) is 19.4 Å². The van der Waals surface area contributed by atoms with Crippen molar-refractivity contribution in [3.63, 3.8) is 0 Å². The minimum atomic E-state index is -0.363. The summed E-state index contributed by atoms with van der Waals surface area (Å²) in [6, 6.07) is 1.97. The van der Waals surface area contributed by atoms with Crippen LogP contribution in [0.5, 0.6) is 0 Å². The van der Waals surface area contributed by atoms with Crippen LogP contribution < -0.4 is 0 Å². The van der Waals surface area contributed by atoms with Gasteiger partial charge >= 0.3 is 5.97 Å². The van der Waals surface area contributed by atoms with Gasteiger partial charge in [-0.15, -0.1) is 0 Å². The van der Waals surface area contributed by atoms with Gasteiger partial charge in [0.1, 0.15) is 6.10 Å². The molecule has 70 valence electrons. The minimum Gasteiger partial charge on any atom is -0.454 e. The van der Waals surface area contributed by atoms with Gasteiger partial charge in [0.25, 0.3) is 0 Å². The number of hydrogen-bond acceptors (Lipinski definition) is 3. The minimum absolute atomic E-state index is 0.128. The summed E-state index contributed by atoms with van der Waals surface area (Å²) in [5.74, 6) is -0.363. The summed E-state index contributed by atoms with van der Waals surface area (Å²) >= 11 is 1.60. The first-order chi connectivity index (χ1) is 6.27. The molecule has 1 aromatic rings. The molecule has 1 atom stereocenters. The first kappa shape index (κ1) is 9.99. The molecule has 0 amide bonds. The van der Waals surface area contributed by atoms with Crippen LogP contribution in [0.2, 0.25) is 0 Å². The van der Waals surface area contributed by atoms with Crippen LogP contribution in [0.3, 0.4) is 0 Å². The Morgan fingerprint density at radius 1 is 1.85 bits per heavy atom. The van der Waals surface area contributed by atoms with E-state index in [9.17, 15) is 4.79 Å². The maximum absolute atomic E-state index is 10.9. The highest BCUT2D eigenvalue weighted by Gasteiger charge is 2.12. The molecule has 1 aromatic heterocycles. The molecule has 0 aliphatic carbocycles. The molecule has 0 N–H and O–H groups in total. The first-order valence-electron chi connectivity index (χ1n) is 4.13. The summed E-state index contributed by atoms with van der Waals surface area (Å²) in [6.07, 6.45) is 1.85. The average molecular weight is 196 g/mol. The predicted molar refractivity (Wildman–Crippen MR) is 53.6 cm³/mol. The Balaban J connectivity index is 2.63. The van der Waals surface area contributed by atoms with Crippen molar-refractivity contribution in [2.24, 2.45) is 0 Å². The fourth-order valence-electron chi connectivity index (χ4n) is 1.03. The Hall–Kier alpha value is -1.09. The zero-order valence-corrected chi connectivity index (χ0v) is 8.34. The van der Waals surface area contributed by atoms with Gasteiger partial charge in [0, 0.05) is 11.6 Å². The maximum atomic E-state index is 10.9. The van der Waals surface area contributed by atoms with Crippen LogP contribution in [0.1, 0.15) is 25.0 Å². The quantitative estimate of drug-likeness (QED) is 0.546. The second kappa shape index (κ2) is 4.82. The van der Waals surface area contributed by atoms with Crippen molar-refractivity contribution in [1.82, 2.24) is 0 Å². The van der Waals surface area contributed by atoms with Gasteiger partial charge in [-0.3, -0.25) is 0 Å². The molecule has 0 fully saturated rings. The van der Waals surface area contributed by atoms with Crippen molar-refractivity contribution in [1.29, 1.82) is 0 Å². The molecule has 3 heteroatoms. The topological polar surface area (TPSA) is 26.3 Å². The highest BCUT2D eigenvalue weighted by molar-refractivity contribution is 7.07. The van der Waals surface area contributed by atoms with Crippen LogP contribution in [-0.4, -0.2) is 5.97 Å². The van der Waals surface area contributed by atoms with Crippen LogP contribution in [0.25, 0.3) is 0 Å². The van der Waals surface area contributed by atoms with E-state index in [1.165, 1.54) is 6.08 Å². The van der Waals surface area contributed by atoms with Gasteiger partial charge in [-0.2, -0.15) is 11.3 Å². The Morgan fingerprint density at radius 2 is 2.62 bits per heavy atom. The summed E-state index contributed by atoms with van der Waals surface area (Å²) in [6.45, 7) is 5.34. The SMILES string of the molecule is C=CC(=O)OC(CC)c1ccsc1. The number of carbonyl (C=O) groups excluding carboxylic acids is 1. The summed E-state index contributed by atoms with van der Waals surface area (Å²) in [4.78, 5) is 10.9. The van der Waals surface area contributed by atoms with E-state index in [1.54, 1.807) is 11.3 Å². The lowest BCUT2D eigenvalue weighted by atomic mass is 10.1. The van der Waals surface area contributed by atoms with E-state index in [0.29, 0.717) is 0 Å². The highest BCUT2D eigenvalue weighted by Crippen LogP contribution is 2.23. The second-order valence-corrected chi connectivity index (χ2v) is 3.37. The maximum Gasteiger partial charge on any atom is 0.330 e. The standard InChI is InChI=1S/C10H12O2S/c1-3-9(12-10(11)4-2)8-5-6-13-7-8/h4-7,9H,2-3H2,1H3. The molecule has 1 heterocycles. The number of thiophene rings is 1. The van der Waals surface area contributed by atoms with Crippen molar-refractivity contribution in [2.75, 3.05) is 0 Å². The van der Waals surface area contributed by atoms with Crippen LogP contribution >= 0.6 is 11.3 Å². The number of rotatable bonds is 4. The van der Waals surface area contributed by atoms with Gasteiger partial charge in [0.15, 0.2) is 0 Å². The van der Waals surface area contributed by atoms with Crippen molar-refractivity contribution < 1.29 is 9.53 Å². The number of carbonyl (C=O) groups is 1. The third kappa shape index (κ3) is 2.70. The lowest BCUT2D eigenvalue weighted by Gasteiger charge is -2.13. The molecule has 1 rings (SSSR count). The van der Waals surface area contributed by atoms with E-state index >= 15 is 0 Å². The Kier molecular flexibility index (Phi) is 3.71. The van der Waals surface area contributed by atoms with Gasteiger partial charge in [0.2, 0.25) is 0 Å². The molecule has 0 bridgehead atoms. The van der Waals surface area contributed by atoms with Crippen molar-refractivity contribution in [3.05, 3.63) is 35.0 Å². The zero-order valence-electron chi connectivity index (χ0n) is 7.53. The number of esters is 1. The van der Waals surface area contributed by atoms with Crippen LogP contribution in [0.4, 0.5) is 0 Å². The Labute approximate surface area is 81.8 Å². The molecular formula is C10H12O2S. The van der Waals surface area contributed by atoms with E-state index in [1.807, 2.05) is 23.8 Å². The Bertz CT molecular complexity index is 277. The molecule has 0 saturated heterocycles. The normalized spacial score (nSPS) is 12.1.